The average molecular weight is 248 g/mol. The molecule has 0 bridgehead atoms. The predicted molar refractivity (Wildman–Crippen MR) is 69.6 cm³/mol. The highest BCUT2D eigenvalue weighted by Crippen LogP contribution is 2.52. The molecule has 2 atom stereocenters. The number of ketones is 1. The van der Waals surface area contributed by atoms with Gasteiger partial charge in [-0.3, -0.25) is 4.79 Å². The predicted octanol–water partition coefficient (Wildman–Crippen LogP) is 2.32. The Labute approximate surface area is 107 Å². The molecule has 1 saturated carbocycles. The van der Waals surface area contributed by atoms with Crippen LogP contribution in [0.15, 0.2) is 18.2 Å². The summed E-state index contributed by atoms with van der Waals surface area (Å²) in [5.74, 6) is 0.272. The van der Waals surface area contributed by atoms with Gasteiger partial charge in [-0.05, 0) is 24.1 Å². The summed E-state index contributed by atoms with van der Waals surface area (Å²) in [6.07, 6.45) is -0.528. The zero-order chi connectivity index (χ0) is 13.7. The van der Waals surface area contributed by atoms with Crippen LogP contribution >= 0.6 is 0 Å². The van der Waals surface area contributed by atoms with Gasteiger partial charge in [-0.25, -0.2) is 0 Å². The number of aliphatic hydroxyl groups excluding tert-OH is 1. The molecule has 1 aliphatic rings. The molecular weight excluding hydrogens is 228 g/mol. The van der Waals surface area contributed by atoms with Crippen molar-refractivity contribution in [1.29, 1.82) is 0 Å². The van der Waals surface area contributed by atoms with E-state index in [1.54, 1.807) is 6.07 Å². The summed E-state index contributed by atoms with van der Waals surface area (Å²) in [6.45, 7) is 7.44. The monoisotopic (exact) mass is 248 g/mol. The van der Waals surface area contributed by atoms with E-state index in [1.807, 2.05) is 39.8 Å². The van der Waals surface area contributed by atoms with Gasteiger partial charge in [-0.1, -0.05) is 32.9 Å². The number of aryl methyl sites for hydroxylation is 1. The van der Waals surface area contributed by atoms with Gasteiger partial charge in [0.1, 0.15) is 11.5 Å². The lowest BCUT2D eigenvalue weighted by atomic mass is 9.64. The van der Waals surface area contributed by atoms with Crippen LogP contribution in [0.2, 0.25) is 0 Å². The number of carbonyl (C=O) groups is 1. The van der Waals surface area contributed by atoms with Gasteiger partial charge in [0.15, 0.2) is 0 Å². The van der Waals surface area contributed by atoms with Crippen LogP contribution in [0.4, 0.5) is 0 Å². The fraction of sp³-hybridized carbons (Fsp3) is 0.533. The normalized spacial score (nSPS) is 30.7. The van der Waals surface area contributed by atoms with E-state index >= 15 is 0 Å². The minimum absolute atomic E-state index is 0.0672. The summed E-state index contributed by atoms with van der Waals surface area (Å²) >= 11 is 0. The number of aromatic hydroxyl groups is 1. The topological polar surface area (TPSA) is 57.5 Å². The Morgan fingerprint density at radius 3 is 2.33 bits per heavy atom. The second-order valence-electron chi connectivity index (χ2n) is 5.97. The van der Waals surface area contributed by atoms with Crippen molar-refractivity contribution in [3.8, 4) is 5.75 Å². The lowest BCUT2D eigenvalue weighted by Gasteiger charge is -2.39. The van der Waals surface area contributed by atoms with Crippen LogP contribution in [-0.4, -0.2) is 22.1 Å². The van der Waals surface area contributed by atoms with Crippen LogP contribution in [-0.2, 0) is 10.2 Å². The van der Waals surface area contributed by atoms with E-state index in [4.69, 9.17) is 0 Å². The summed E-state index contributed by atoms with van der Waals surface area (Å²) in [6, 6.07) is 5.37. The largest absolute Gasteiger partial charge is 0.508 e. The number of phenolic OH excluding ortho intramolecular Hbond substituents is 1. The number of aliphatic hydroxyl groups is 1. The first-order valence-electron chi connectivity index (χ1n) is 6.22. The van der Waals surface area contributed by atoms with Crippen molar-refractivity contribution in [1.82, 2.24) is 0 Å². The van der Waals surface area contributed by atoms with Crippen LogP contribution in [0.25, 0.3) is 0 Å². The van der Waals surface area contributed by atoms with Crippen molar-refractivity contribution < 1.29 is 15.0 Å². The Balaban J connectivity index is 2.59. The third-order valence-electron chi connectivity index (χ3n) is 4.85. The minimum Gasteiger partial charge on any atom is -0.508 e. The van der Waals surface area contributed by atoms with Gasteiger partial charge in [-0.2, -0.15) is 0 Å². The molecule has 0 radical (unpaired) electrons. The van der Waals surface area contributed by atoms with Gasteiger partial charge in [-0.15, -0.1) is 0 Å². The van der Waals surface area contributed by atoms with Gasteiger partial charge >= 0.3 is 0 Å². The molecule has 2 rings (SSSR count). The van der Waals surface area contributed by atoms with Crippen LogP contribution in [0.1, 0.15) is 38.3 Å². The maximum absolute atomic E-state index is 12.0. The Hall–Kier alpha value is -1.35. The van der Waals surface area contributed by atoms with Crippen molar-refractivity contribution in [3.05, 3.63) is 29.3 Å². The highest BCUT2D eigenvalue weighted by atomic mass is 16.3. The van der Waals surface area contributed by atoms with E-state index in [0.717, 1.165) is 11.1 Å². The summed E-state index contributed by atoms with van der Waals surface area (Å²) in [5, 5.41) is 20.1. The maximum Gasteiger partial charge on any atom is 0.142 e. The first kappa shape index (κ1) is 13.1. The summed E-state index contributed by atoms with van der Waals surface area (Å²) in [7, 11) is 0. The molecule has 1 fully saturated rings. The smallest absolute Gasteiger partial charge is 0.142 e. The van der Waals surface area contributed by atoms with Crippen molar-refractivity contribution >= 4 is 5.78 Å². The molecule has 0 aromatic heterocycles. The molecule has 3 nitrogen and oxygen atoms in total. The molecule has 0 spiro atoms. The SMILES string of the molecule is Cc1ccc([C@]2(C)[C@@H](O)CC(=O)C2(C)C)cc1O. The molecule has 0 amide bonds. The van der Waals surface area contributed by atoms with Crippen molar-refractivity contribution in [3.63, 3.8) is 0 Å². The number of carbonyl (C=O) groups excluding carboxylic acids is 1. The van der Waals surface area contributed by atoms with Crippen molar-refractivity contribution in [2.24, 2.45) is 5.41 Å². The fourth-order valence-corrected chi connectivity index (χ4v) is 2.83. The van der Waals surface area contributed by atoms with E-state index in [-0.39, 0.29) is 18.0 Å². The molecule has 1 aromatic rings. The highest BCUT2D eigenvalue weighted by molar-refractivity contribution is 5.89. The zero-order valence-corrected chi connectivity index (χ0v) is 11.3. The summed E-state index contributed by atoms with van der Waals surface area (Å²) in [4.78, 5) is 12.0. The number of hydrogen-bond acceptors (Lipinski definition) is 3. The second kappa shape index (κ2) is 3.82. The quantitative estimate of drug-likeness (QED) is 0.802. The molecule has 98 valence electrons. The lowest BCUT2D eigenvalue weighted by molar-refractivity contribution is -0.125. The standard InChI is InChI=1S/C15H20O3/c1-9-5-6-10(7-11(9)16)15(4)13(18)8-12(17)14(15,2)3/h5-7,13,16,18H,8H2,1-4H3/t13-,15+/m0/s1. The number of Topliss-reactive ketones (excluding diaryl/α,β-unsaturated/α-hetero) is 1. The fourth-order valence-electron chi connectivity index (χ4n) is 2.83. The van der Waals surface area contributed by atoms with Crippen molar-refractivity contribution in [2.45, 2.75) is 45.6 Å². The molecule has 0 unspecified atom stereocenters. The number of benzene rings is 1. The van der Waals surface area contributed by atoms with Gasteiger partial charge in [0.05, 0.1) is 6.10 Å². The van der Waals surface area contributed by atoms with Crippen LogP contribution < -0.4 is 0 Å². The minimum atomic E-state index is -0.706. The highest BCUT2D eigenvalue weighted by Gasteiger charge is 2.57. The Bertz CT molecular complexity index is 504. The van der Waals surface area contributed by atoms with Crippen LogP contribution in [0, 0.1) is 12.3 Å². The van der Waals surface area contributed by atoms with E-state index in [1.165, 1.54) is 0 Å². The van der Waals surface area contributed by atoms with Crippen molar-refractivity contribution in [2.75, 3.05) is 0 Å². The average Bonchev–Trinajstić information content (AvgIpc) is 2.44. The maximum atomic E-state index is 12.0. The molecule has 0 saturated heterocycles. The van der Waals surface area contributed by atoms with Gasteiger partial charge < -0.3 is 10.2 Å². The van der Waals surface area contributed by atoms with Crippen LogP contribution in [0.5, 0.6) is 5.75 Å². The van der Waals surface area contributed by atoms with Gasteiger partial charge in [0.2, 0.25) is 0 Å². The molecule has 0 aliphatic heterocycles. The Morgan fingerprint density at radius 2 is 1.89 bits per heavy atom. The zero-order valence-electron chi connectivity index (χ0n) is 11.3. The molecule has 0 heterocycles. The number of hydrogen-bond donors (Lipinski definition) is 2. The van der Waals surface area contributed by atoms with Crippen LogP contribution in [0.3, 0.4) is 0 Å². The molecule has 1 aromatic carbocycles. The van der Waals surface area contributed by atoms with Gasteiger partial charge in [0.25, 0.3) is 0 Å². The molecule has 3 heteroatoms. The Morgan fingerprint density at radius 1 is 1.28 bits per heavy atom. The lowest BCUT2D eigenvalue weighted by Crippen LogP contribution is -2.44. The third kappa shape index (κ3) is 1.50. The summed E-state index contributed by atoms with van der Waals surface area (Å²) < 4.78 is 0. The first-order valence-corrected chi connectivity index (χ1v) is 6.22. The third-order valence-corrected chi connectivity index (χ3v) is 4.85. The number of rotatable bonds is 1. The summed E-state index contributed by atoms with van der Waals surface area (Å²) in [5.41, 5.74) is 0.316. The molecule has 18 heavy (non-hydrogen) atoms. The number of phenols is 1. The first-order chi connectivity index (χ1) is 8.21. The molecule has 2 N–H and O–H groups in total. The molecule has 1 aliphatic carbocycles. The van der Waals surface area contributed by atoms with E-state index in [9.17, 15) is 15.0 Å². The molecular formula is C15H20O3. The van der Waals surface area contributed by atoms with E-state index in [0.29, 0.717) is 0 Å². The Kier molecular flexibility index (Phi) is 2.78. The van der Waals surface area contributed by atoms with E-state index in [2.05, 4.69) is 0 Å². The van der Waals surface area contributed by atoms with Gasteiger partial charge in [0, 0.05) is 17.3 Å². The second-order valence-corrected chi connectivity index (χ2v) is 5.97. The van der Waals surface area contributed by atoms with E-state index < -0.39 is 16.9 Å².